The second kappa shape index (κ2) is 6.06. The highest BCUT2D eigenvalue weighted by atomic mass is 32.1. The molecule has 6 heteroatoms. The van der Waals surface area contributed by atoms with E-state index in [9.17, 15) is 14.7 Å². The molecule has 5 nitrogen and oxygen atoms in total. The number of carbonyl (C=O) groups excluding carboxylic acids is 1. The van der Waals surface area contributed by atoms with Gasteiger partial charge in [0.2, 0.25) is 5.56 Å². The third-order valence-electron chi connectivity index (χ3n) is 4.11. The van der Waals surface area contributed by atoms with Crippen LogP contribution in [-0.4, -0.2) is 40.1 Å². The van der Waals surface area contributed by atoms with E-state index < -0.39 is 6.10 Å². The fourth-order valence-electron chi connectivity index (χ4n) is 2.93. The van der Waals surface area contributed by atoms with Gasteiger partial charge in [-0.25, -0.2) is 0 Å². The summed E-state index contributed by atoms with van der Waals surface area (Å²) in [5, 5.41) is 12.5. The monoisotopic (exact) mass is 318 g/mol. The number of thiophene rings is 1. The van der Waals surface area contributed by atoms with Crippen molar-refractivity contribution in [1.29, 1.82) is 0 Å². The Morgan fingerprint density at radius 2 is 2.23 bits per heavy atom. The lowest BCUT2D eigenvalue weighted by molar-refractivity contribution is 0.0382. The zero-order valence-corrected chi connectivity index (χ0v) is 13.1. The van der Waals surface area contributed by atoms with Crippen LogP contribution in [0.15, 0.2) is 34.4 Å². The second-order valence-electron chi connectivity index (χ2n) is 5.61. The van der Waals surface area contributed by atoms with Crippen molar-refractivity contribution < 1.29 is 9.90 Å². The van der Waals surface area contributed by atoms with Gasteiger partial charge >= 0.3 is 0 Å². The Kier molecular flexibility index (Phi) is 4.13. The molecular weight excluding hydrogens is 300 g/mol. The van der Waals surface area contributed by atoms with Crippen LogP contribution in [0, 0.1) is 6.92 Å². The van der Waals surface area contributed by atoms with Crippen LogP contribution < -0.4 is 5.56 Å². The van der Waals surface area contributed by atoms with Crippen LogP contribution in [0.2, 0.25) is 0 Å². The lowest BCUT2D eigenvalue weighted by Gasteiger charge is -2.35. The van der Waals surface area contributed by atoms with Crippen molar-refractivity contribution in [3.8, 4) is 0 Å². The van der Waals surface area contributed by atoms with Gasteiger partial charge < -0.3 is 15.0 Å². The van der Waals surface area contributed by atoms with Crippen LogP contribution in [0.1, 0.15) is 33.3 Å². The van der Waals surface area contributed by atoms with Crippen LogP contribution in [0.25, 0.3) is 0 Å². The molecule has 1 aliphatic heterocycles. The molecule has 0 aromatic carbocycles. The maximum atomic E-state index is 12.4. The first-order valence-electron chi connectivity index (χ1n) is 7.27. The molecule has 0 spiro atoms. The van der Waals surface area contributed by atoms with Crippen molar-refractivity contribution in [2.75, 3.05) is 13.1 Å². The Morgan fingerprint density at radius 1 is 1.41 bits per heavy atom. The van der Waals surface area contributed by atoms with Crippen molar-refractivity contribution >= 4 is 17.2 Å². The van der Waals surface area contributed by atoms with Gasteiger partial charge in [0.1, 0.15) is 5.69 Å². The zero-order chi connectivity index (χ0) is 15.7. The minimum absolute atomic E-state index is 0.0823. The molecule has 0 aliphatic carbocycles. The second-order valence-corrected chi connectivity index (χ2v) is 6.56. The maximum absolute atomic E-state index is 12.4. The molecule has 1 fully saturated rings. The number of rotatable bonds is 2. The molecule has 0 radical (unpaired) electrons. The third-order valence-corrected chi connectivity index (χ3v) is 5.26. The van der Waals surface area contributed by atoms with Crippen LogP contribution in [-0.2, 0) is 0 Å². The lowest BCUT2D eigenvalue weighted by Crippen LogP contribution is -2.46. The van der Waals surface area contributed by atoms with Crippen molar-refractivity contribution in [3.05, 3.63) is 56.1 Å². The molecule has 116 valence electrons. The first kappa shape index (κ1) is 15.0. The Morgan fingerprint density at radius 3 is 2.86 bits per heavy atom. The van der Waals surface area contributed by atoms with E-state index >= 15 is 0 Å². The number of β-amino-alcohol motifs (C(OH)–C–C–N with tert-alkyl or cyclic N) is 1. The number of carbonyl (C=O) groups is 1. The first-order valence-corrected chi connectivity index (χ1v) is 8.15. The minimum Gasteiger partial charge on any atom is -0.391 e. The van der Waals surface area contributed by atoms with Gasteiger partial charge in [-0.1, -0.05) is 6.07 Å². The lowest BCUT2D eigenvalue weighted by atomic mass is 9.90. The molecule has 3 heterocycles. The van der Waals surface area contributed by atoms with E-state index in [2.05, 4.69) is 11.1 Å². The summed E-state index contributed by atoms with van der Waals surface area (Å²) in [5.41, 5.74) is 1.17. The molecule has 0 unspecified atom stereocenters. The van der Waals surface area contributed by atoms with Crippen molar-refractivity contribution in [1.82, 2.24) is 9.88 Å². The molecule has 2 atom stereocenters. The number of H-pyrrole nitrogens is 1. The number of hydrogen-bond donors (Lipinski definition) is 2. The van der Waals surface area contributed by atoms with E-state index in [1.807, 2.05) is 12.3 Å². The largest absolute Gasteiger partial charge is 0.391 e. The third kappa shape index (κ3) is 2.84. The average Bonchev–Trinajstić information content (AvgIpc) is 2.92. The minimum atomic E-state index is -0.578. The summed E-state index contributed by atoms with van der Waals surface area (Å²) >= 11 is 1.66. The number of amides is 1. The highest BCUT2D eigenvalue weighted by molar-refractivity contribution is 7.10. The summed E-state index contributed by atoms with van der Waals surface area (Å²) in [6.45, 7) is 2.91. The van der Waals surface area contributed by atoms with Crippen LogP contribution in [0.5, 0.6) is 0 Å². The number of aliphatic hydroxyl groups excluding tert-OH is 1. The molecule has 2 aromatic rings. The van der Waals surface area contributed by atoms with Gasteiger partial charge in [-0.2, -0.15) is 0 Å². The number of aromatic nitrogens is 1. The zero-order valence-electron chi connectivity index (χ0n) is 12.3. The van der Waals surface area contributed by atoms with Gasteiger partial charge in [0, 0.05) is 30.0 Å². The summed E-state index contributed by atoms with van der Waals surface area (Å²) in [4.78, 5) is 29.1. The van der Waals surface area contributed by atoms with Crippen molar-refractivity contribution in [2.24, 2.45) is 0 Å². The normalized spacial score (nSPS) is 21.8. The van der Waals surface area contributed by atoms with Gasteiger partial charge in [0.15, 0.2) is 0 Å². The summed E-state index contributed by atoms with van der Waals surface area (Å²) in [6.07, 6.45) is 0.149. The van der Waals surface area contributed by atoms with E-state index in [4.69, 9.17) is 0 Å². The fourth-order valence-corrected chi connectivity index (χ4v) is 4.05. The van der Waals surface area contributed by atoms with Crippen LogP contribution in [0.4, 0.5) is 0 Å². The SMILES string of the molecule is Cc1ccsc1[C@@H]1CCN(C(=O)c2cccc(=O)[nH]2)C[C@H]1O. The number of likely N-dealkylation sites (tertiary alicyclic amines) is 1. The van der Waals surface area contributed by atoms with Crippen molar-refractivity contribution in [3.63, 3.8) is 0 Å². The summed E-state index contributed by atoms with van der Waals surface area (Å²) in [5.74, 6) is -0.156. The van der Waals surface area contributed by atoms with Gasteiger partial charge in [-0.05, 0) is 36.4 Å². The number of hydrogen-bond acceptors (Lipinski definition) is 4. The molecule has 3 rings (SSSR count). The van der Waals surface area contributed by atoms with Gasteiger partial charge in [0.25, 0.3) is 5.91 Å². The number of nitrogens with zero attached hydrogens (tertiary/aromatic N) is 1. The molecule has 1 saturated heterocycles. The quantitative estimate of drug-likeness (QED) is 0.886. The Bertz CT molecular complexity index is 737. The molecule has 0 saturated carbocycles. The topological polar surface area (TPSA) is 73.4 Å². The number of nitrogens with one attached hydrogen (secondary N) is 1. The molecular formula is C16H18N2O3S. The first-order chi connectivity index (χ1) is 10.6. The smallest absolute Gasteiger partial charge is 0.270 e. The van der Waals surface area contributed by atoms with E-state index in [0.29, 0.717) is 6.54 Å². The molecule has 1 aliphatic rings. The van der Waals surface area contributed by atoms with Gasteiger partial charge in [-0.3, -0.25) is 9.59 Å². The Labute approximate surface area is 132 Å². The molecule has 2 N–H and O–H groups in total. The summed E-state index contributed by atoms with van der Waals surface area (Å²) in [7, 11) is 0. The van der Waals surface area contributed by atoms with Crippen LogP contribution in [0.3, 0.4) is 0 Å². The van der Waals surface area contributed by atoms with E-state index in [-0.39, 0.29) is 29.6 Å². The molecule has 2 aromatic heterocycles. The number of aryl methyl sites for hydroxylation is 1. The predicted octanol–water partition coefficient (Wildman–Crippen LogP) is 1.74. The van der Waals surface area contributed by atoms with Gasteiger partial charge in [-0.15, -0.1) is 11.3 Å². The number of pyridine rings is 1. The number of piperidine rings is 1. The number of aliphatic hydroxyl groups is 1. The highest BCUT2D eigenvalue weighted by Crippen LogP contribution is 2.34. The Hall–Kier alpha value is -1.92. The average molecular weight is 318 g/mol. The fraction of sp³-hybridized carbons (Fsp3) is 0.375. The molecule has 22 heavy (non-hydrogen) atoms. The van der Waals surface area contributed by atoms with Crippen LogP contribution >= 0.6 is 11.3 Å². The summed E-state index contributed by atoms with van der Waals surface area (Å²) in [6, 6.07) is 6.58. The predicted molar refractivity (Wildman–Crippen MR) is 85.4 cm³/mol. The van der Waals surface area contributed by atoms with E-state index in [0.717, 1.165) is 6.42 Å². The Balaban J connectivity index is 1.74. The molecule has 0 bridgehead atoms. The van der Waals surface area contributed by atoms with Crippen molar-refractivity contribution in [2.45, 2.75) is 25.4 Å². The number of aromatic amines is 1. The molecule has 1 amide bonds. The highest BCUT2D eigenvalue weighted by Gasteiger charge is 2.33. The van der Waals surface area contributed by atoms with E-state index in [1.165, 1.54) is 16.5 Å². The van der Waals surface area contributed by atoms with Gasteiger partial charge in [0.05, 0.1) is 6.10 Å². The van der Waals surface area contributed by atoms with E-state index in [1.54, 1.807) is 28.4 Å². The maximum Gasteiger partial charge on any atom is 0.270 e. The standard InChI is InChI=1S/C16H18N2O3S/c1-10-6-8-22-15(10)11-5-7-18(9-13(11)19)16(21)12-3-2-4-14(20)17-12/h2-4,6,8,11,13,19H,5,7,9H2,1H3,(H,17,20)/t11-,13-/m1/s1. The summed E-state index contributed by atoms with van der Waals surface area (Å²) < 4.78 is 0.